The monoisotopic (exact) mass is 277 g/mol. The fourth-order valence-corrected chi connectivity index (χ4v) is 2.07. The Kier molecular flexibility index (Phi) is 4.17. The zero-order valence-electron chi connectivity index (χ0n) is 10.9. The van der Waals surface area contributed by atoms with Crippen LogP contribution in [0.15, 0.2) is 42.5 Å². The van der Waals surface area contributed by atoms with Crippen LogP contribution in [0.4, 0.5) is 5.69 Å². The van der Waals surface area contributed by atoms with Crippen LogP contribution in [0.3, 0.4) is 0 Å². The first-order chi connectivity index (χ1) is 9.10. The highest BCUT2D eigenvalue weighted by Gasteiger charge is 2.07. The summed E-state index contributed by atoms with van der Waals surface area (Å²) in [4.78, 5) is 2.02. The fourth-order valence-electron chi connectivity index (χ4n) is 1.88. The molecule has 0 atom stereocenters. The van der Waals surface area contributed by atoms with Crippen LogP contribution in [-0.4, -0.2) is 19.3 Å². The Labute approximate surface area is 118 Å². The molecule has 0 bridgehead atoms. The molecule has 0 amide bonds. The Balaban J connectivity index is 2.20. The van der Waals surface area contributed by atoms with Gasteiger partial charge in [-0.15, -0.1) is 0 Å². The van der Waals surface area contributed by atoms with E-state index in [-0.39, 0.29) is 5.75 Å². The van der Waals surface area contributed by atoms with Crippen molar-refractivity contribution in [3.63, 3.8) is 0 Å². The van der Waals surface area contributed by atoms with Crippen molar-refractivity contribution in [1.82, 2.24) is 0 Å². The molecule has 0 spiro atoms. The molecule has 4 heteroatoms. The molecule has 0 unspecified atom stereocenters. The molecule has 0 heterocycles. The maximum absolute atomic E-state index is 9.82. The van der Waals surface area contributed by atoms with Gasteiger partial charge in [-0.3, -0.25) is 0 Å². The summed E-state index contributed by atoms with van der Waals surface area (Å²) >= 11 is 5.94. The molecule has 0 fully saturated rings. The lowest BCUT2D eigenvalue weighted by Crippen LogP contribution is -2.16. The summed E-state index contributed by atoms with van der Waals surface area (Å²) in [6.07, 6.45) is 0. The second-order valence-electron chi connectivity index (χ2n) is 4.33. The van der Waals surface area contributed by atoms with Crippen molar-refractivity contribution in [2.75, 3.05) is 19.1 Å². The first-order valence-corrected chi connectivity index (χ1v) is 6.30. The summed E-state index contributed by atoms with van der Waals surface area (Å²) < 4.78 is 5.20. The molecule has 1 N–H and O–H groups in total. The summed E-state index contributed by atoms with van der Waals surface area (Å²) in [5, 5.41) is 10.4. The molecular weight excluding hydrogens is 262 g/mol. The highest BCUT2D eigenvalue weighted by Crippen LogP contribution is 2.26. The minimum atomic E-state index is 0.249. The van der Waals surface area contributed by atoms with E-state index in [1.807, 2.05) is 36.2 Å². The summed E-state index contributed by atoms with van der Waals surface area (Å²) in [5.41, 5.74) is 1.80. The van der Waals surface area contributed by atoms with Crippen molar-refractivity contribution < 1.29 is 9.84 Å². The fraction of sp³-hybridized carbons (Fsp3) is 0.200. The van der Waals surface area contributed by atoms with Gasteiger partial charge in [0.1, 0.15) is 11.5 Å². The second-order valence-corrected chi connectivity index (χ2v) is 4.77. The number of hydrogen-bond donors (Lipinski definition) is 1. The lowest BCUT2D eigenvalue weighted by Gasteiger charge is -2.20. The van der Waals surface area contributed by atoms with E-state index in [9.17, 15) is 5.11 Å². The van der Waals surface area contributed by atoms with Crippen molar-refractivity contribution in [3.05, 3.63) is 53.1 Å². The molecule has 2 aromatic rings. The number of nitrogens with zero attached hydrogens (tertiary/aromatic N) is 1. The third-order valence-electron chi connectivity index (χ3n) is 2.94. The van der Waals surface area contributed by atoms with Crippen molar-refractivity contribution >= 4 is 17.3 Å². The Morgan fingerprint density at radius 2 is 2.00 bits per heavy atom. The predicted octanol–water partition coefficient (Wildman–Crippen LogP) is 3.69. The molecule has 0 aromatic heterocycles. The molecule has 19 heavy (non-hydrogen) atoms. The van der Waals surface area contributed by atoms with Gasteiger partial charge in [0.2, 0.25) is 0 Å². The SMILES string of the molecule is COc1cccc(N(C)Cc2cc(Cl)ccc2O)c1. The Morgan fingerprint density at radius 1 is 1.21 bits per heavy atom. The van der Waals surface area contributed by atoms with Crippen molar-refractivity contribution in [1.29, 1.82) is 0 Å². The van der Waals surface area contributed by atoms with Crippen LogP contribution in [0.1, 0.15) is 5.56 Å². The Morgan fingerprint density at radius 3 is 2.74 bits per heavy atom. The highest BCUT2D eigenvalue weighted by atomic mass is 35.5. The molecular formula is C15H16ClNO2. The van der Waals surface area contributed by atoms with Gasteiger partial charge in [-0.05, 0) is 30.3 Å². The zero-order chi connectivity index (χ0) is 13.8. The second kappa shape index (κ2) is 5.85. The smallest absolute Gasteiger partial charge is 0.120 e. The van der Waals surface area contributed by atoms with Crippen LogP contribution in [0.2, 0.25) is 5.02 Å². The third-order valence-corrected chi connectivity index (χ3v) is 3.18. The van der Waals surface area contributed by atoms with Crippen LogP contribution >= 0.6 is 11.6 Å². The first-order valence-electron chi connectivity index (χ1n) is 5.92. The van der Waals surface area contributed by atoms with Gasteiger partial charge < -0.3 is 14.7 Å². The van der Waals surface area contributed by atoms with Crippen molar-refractivity contribution in [3.8, 4) is 11.5 Å². The molecule has 0 radical (unpaired) electrons. The lowest BCUT2D eigenvalue weighted by molar-refractivity contribution is 0.415. The van der Waals surface area contributed by atoms with Crippen LogP contribution in [0.5, 0.6) is 11.5 Å². The van der Waals surface area contributed by atoms with E-state index in [1.165, 1.54) is 0 Å². The highest BCUT2D eigenvalue weighted by molar-refractivity contribution is 6.30. The van der Waals surface area contributed by atoms with Gasteiger partial charge in [0.05, 0.1) is 7.11 Å². The molecule has 0 saturated carbocycles. The lowest BCUT2D eigenvalue weighted by atomic mass is 10.2. The summed E-state index contributed by atoms with van der Waals surface area (Å²) in [5.74, 6) is 1.05. The van der Waals surface area contributed by atoms with E-state index in [4.69, 9.17) is 16.3 Å². The predicted molar refractivity (Wildman–Crippen MR) is 78.2 cm³/mol. The third kappa shape index (κ3) is 3.32. The normalized spacial score (nSPS) is 10.3. The Hall–Kier alpha value is -1.87. The van der Waals surface area contributed by atoms with Crippen LogP contribution < -0.4 is 9.64 Å². The van der Waals surface area contributed by atoms with E-state index in [1.54, 1.807) is 25.3 Å². The molecule has 0 saturated heterocycles. The average Bonchev–Trinajstić information content (AvgIpc) is 2.43. The number of halogens is 1. The average molecular weight is 278 g/mol. The van der Waals surface area contributed by atoms with E-state index in [0.717, 1.165) is 17.0 Å². The molecule has 0 aliphatic rings. The number of ether oxygens (including phenoxy) is 1. The molecule has 3 nitrogen and oxygen atoms in total. The number of anilines is 1. The molecule has 2 rings (SSSR count). The Bertz CT molecular complexity index is 572. The number of aromatic hydroxyl groups is 1. The van der Waals surface area contributed by atoms with Crippen LogP contribution in [-0.2, 0) is 6.54 Å². The summed E-state index contributed by atoms with van der Waals surface area (Å²) in [7, 11) is 3.59. The zero-order valence-corrected chi connectivity index (χ0v) is 11.7. The topological polar surface area (TPSA) is 32.7 Å². The van der Waals surface area contributed by atoms with Gasteiger partial charge in [-0.1, -0.05) is 17.7 Å². The molecule has 0 aliphatic heterocycles. The minimum absolute atomic E-state index is 0.249. The minimum Gasteiger partial charge on any atom is -0.508 e. The molecule has 2 aromatic carbocycles. The van der Waals surface area contributed by atoms with Gasteiger partial charge in [-0.2, -0.15) is 0 Å². The molecule has 100 valence electrons. The van der Waals surface area contributed by atoms with E-state index < -0.39 is 0 Å². The van der Waals surface area contributed by atoms with E-state index in [0.29, 0.717) is 11.6 Å². The largest absolute Gasteiger partial charge is 0.508 e. The number of phenolic OH excluding ortho intramolecular Hbond substituents is 1. The number of rotatable bonds is 4. The van der Waals surface area contributed by atoms with Gasteiger partial charge in [-0.25, -0.2) is 0 Å². The quantitative estimate of drug-likeness (QED) is 0.925. The van der Waals surface area contributed by atoms with Crippen LogP contribution in [0, 0.1) is 0 Å². The molecule has 0 aliphatic carbocycles. The van der Waals surface area contributed by atoms with Crippen molar-refractivity contribution in [2.24, 2.45) is 0 Å². The van der Waals surface area contributed by atoms with Gasteiger partial charge >= 0.3 is 0 Å². The number of phenols is 1. The van der Waals surface area contributed by atoms with Crippen LogP contribution in [0.25, 0.3) is 0 Å². The number of benzene rings is 2. The number of methoxy groups -OCH3 is 1. The summed E-state index contributed by atoms with van der Waals surface area (Å²) in [6, 6.07) is 12.8. The van der Waals surface area contributed by atoms with Gasteiger partial charge in [0.15, 0.2) is 0 Å². The van der Waals surface area contributed by atoms with Crippen molar-refractivity contribution in [2.45, 2.75) is 6.54 Å². The van der Waals surface area contributed by atoms with E-state index >= 15 is 0 Å². The first kappa shape index (κ1) is 13.6. The van der Waals surface area contributed by atoms with Gasteiger partial charge in [0.25, 0.3) is 0 Å². The maximum atomic E-state index is 9.82. The summed E-state index contributed by atoms with van der Waals surface area (Å²) in [6.45, 7) is 0.569. The van der Waals surface area contributed by atoms with Gasteiger partial charge in [0, 0.05) is 35.9 Å². The number of hydrogen-bond acceptors (Lipinski definition) is 3. The van der Waals surface area contributed by atoms with E-state index in [2.05, 4.69) is 0 Å². The maximum Gasteiger partial charge on any atom is 0.120 e. The standard InChI is InChI=1S/C15H16ClNO2/c1-17(13-4-3-5-14(9-13)19-2)10-11-8-12(16)6-7-15(11)18/h3-9,18H,10H2,1-2H3.